The molecule has 0 unspecified atom stereocenters. The Bertz CT molecular complexity index is 596. The Balaban J connectivity index is 0.00000180. The number of aromatic amines is 1. The molecule has 0 aliphatic carbocycles. The topological polar surface area (TPSA) is 92.0 Å². The fourth-order valence-electron chi connectivity index (χ4n) is 1.61. The predicted octanol–water partition coefficient (Wildman–Crippen LogP) is 2.79. The monoisotopic (exact) mass is 285 g/mol. The standard InChI is InChI=1S/C12H15N3O3.ClH/c1-6-7(5-18-15-6)8-9(10(16)17)14-11(13-8)12(2,3)4;/h5H,1-4H3,(H,13,14)(H,16,17);1H. The van der Waals surface area contributed by atoms with Crippen molar-refractivity contribution in [3.8, 4) is 11.3 Å². The minimum absolute atomic E-state index is 0. The molecule has 2 aromatic rings. The molecule has 0 spiro atoms. The van der Waals surface area contributed by atoms with Crippen molar-refractivity contribution in [3.05, 3.63) is 23.5 Å². The third-order valence-electron chi connectivity index (χ3n) is 2.64. The van der Waals surface area contributed by atoms with Crippen LogP contribution in [0, 0.1) is 6.92 Å². The maximum Gasteiger partial charge on any atom is 0.356 e. The molecule has 2 aromatic heterocycles. The molecule has 0 saturated heterocycles. The summed E-state index contributed by atoms with van der Waals surface area (Å²) in [5, 5.41) is 13.0. The van der Waals surface area contributed by atoms with E-state index in [9.17, 15) is 9.90 Å². The molecule has 7 heteroatoms. The van der Waals surface area contributed by atoms with Gasteiger partial charge in [0.2, 0.25) is 0 Å². The molecule has 0 saturated carbocycles. The lowest BCUT2D eigenvalue weighted by molar-refractivity contribution is 0.0692. The number of hydrogen-bond donors (Lipinski definition) is 2. The number of rotatable bonds is 2. The zero-order chi connectivity index (χ0) is 13.5. The number of imidazole rings is 1. The highest BCUT2D eigenvalue weighted by Gasteiger charge is 2.26. The lowest BCUT2D eigenvalue weighted by Gasteiger charge is -2.13. The van der Waals surface area contributed by atoms with Gasteiger partial charge in [-0.3, -0.25) is 0 Å². The molecule has 0 aromatic carbocycles. The number of nitrogens with one attached hydrogen (secondary N) is 1. The summed E-state index contributed by atoms with van der Waals surface area (Å²) in [5.74, 6) is -0.451. The zero-order valence-electron chi connectivity index (χ0n) is 11.1. The maximum atomic E-state index is 11.2. The van der Waals surface area contributed by atoms with E-state index in [0.717, 1.165) is 0 Å². The van der Waals surface area contributed by atoms with Gasteiger partial charge in [-0.1, -0.05) is 25.9 Å². The number of aromatic carboxylic acids is 1. The van der Waals surface area contributed by atoms with Gasteiger partial charge in [-0.05, 0) is 6.92 Å². The molecule has 2 rings (SSSR count). The van der Waals surface area contributed by atoms with Crippen molar-refractivity contribution >= 4 is 18.4 Å². The van der Waals surface area contributed by atoms with Crippen LogP contribution < -0.4 is 0 Å². The summed E-state index contributed by atoms with van der Waals surface area (Å²) >= 11 is 0. The highest BCUT2D eigenvalue weighted by atomic mass is 35.5. The molecule has 0 bridgehead atoms. The lowest BCUT2D eigenvalue weighted by atomic mass is 9.96. The van der Waals surface area contributed by atoms with E-state index in [-0.39, 0.29) is 23.5 Å². The molecule has 2 N–H and O–H groups in total. The van der Waals surface area contributed by atoms with E-state index in [1.54, 1.807) is 6.92 Å². The van der Waals surface area contributed by atoms with Crippen LogP contribution in [0.4, 0.5) is 0 Å². The first kappa shape index (κ1) is 15.2. The third kappa shape index (κ3) is 2.78. The fourth-order valence-corrected chi connectivity index (χ4v) is 1.61. The van der Waals surface area contributed by atoms with Crippen molar-refractivity contribution in [1.82, 2.24) is 15.1 Å². The van der Waals surface area contributed by atoms with Gasteiger partial charge in [0.1, 0.15) is 12.1 Å². The van der Waals surface area contributed by atoms with Crippen LogP contribution in [0.15, 0.2) is 10.8 Å². The molecule has 6 nitrogen and oxygen atoms in total. The van der Waals surface area contributed by atoms with Crippen LogP contribution in [0.1, 0.15) is 42.8 Å². The Hall–Kier alpha value is -1.82. The first-order valence-electron chi connectivity index (χ1n) is 5.56. The van der Waals surface area contributed by atoms with Gasteiger partial charge in [-0.2, -0.15) is 0 Å². The van der Waals surface area contributed by atoms with Gasteiger partial charge in [-0.15, -0.1) is 12.4 Å². The van der Waals surface area contributed by atoms with Gasteiger partial charge < -0.3 is 14.6 Å². The fraction of sp³-hybridized carbons (Fsp3) is 0.417. The van der Waals surface area contributed by atoms with Crippen LogP contribution in [0.5, 0.6) is 0 Å². The Kier molecular flexibility index (Phi) is 4.05. The molecule has 104 valence electrons. The summed E-state index contributed by atoms with van der Waals surface area (Å²) in [6, 6.07) is 0. The number of aryl methyl sites for hydroxylation is 1. The summed E-state index contributed by atoms with van der Waals surface area (Å²) in [5.41, 5.74) is 1.42. The van der Waals surface area contributed by atoms with Crippen LogP contribution in [0.3, 0.4) is 0 Å². The summed E-state index contributed by atoms with van der Waals surface area (Å²) in [6.45, 7) is 7.63. The van der Waals surface area contributed by atoms with E-state index in [0.29, 0.717) is 22.8 Å². The first-order valence-corrected chi connectivity index (χ1v) is 5.56. The second-order valence-corrected chi connectivity index (χ2v) is 5.18. The van der Waals surface area contributed by atoms with E-state index in [1.165, 1.54) is 6.26 Å². The predicted molar refractivity (Wildman–Crippen MR) is 71.7 cm³/mol. The van der Waals surface area contributed by atoms with Crippen LogP contribution >= 0.6 is 12.4 Å². The number of halogens is 1. The second-order valence-electron chi connectivity index (χ2n) is 5.18. The largest absolute Gasteiger partial charge is 0.476 e. The quantitative estimate of drug-likeness (QED) is 0.885. The smallest absolute Gasteiger partial charge is 0.356 e. The minimum atomic E-state index is -1.07. The molecular weight excluding hydrogens is 270 g/mol. The molecule has 0 aliphatic heterocycles. The van der Waals surface area contributed by atoms with Gasteiger partial charge in [-0.25, -0.2) is 9.78 Å². The average molecular weight is 286 g/mol. The Labute approximate surface area is 116 Å². The number of carboxylic acids is 1. The molecule has 0 radical (unpaired) electrons. The molecule has 0 fully saturated rings. The Morgan fingerprint density at radius 1 is 1.42 bits per heavy atom. The van der Waals surface area contributed by atoms with Gasteiger partial charge in [0.15, 0.2) is 5.69 Å². The van der Waals surface area contributed by atoms with E-state index in [1.807, 2.05) is 20.8 Å². The van der Waals surface area contributed by atoms with Crippen molar-refractivity contribution < 1.29 is 14.4 Å². The molecule has 0 amide bonds. The molecule has 0 atom stereocenters. The van der Waals surface area contributed by atoms with Crippen molar-refractivity contribution in [2.45, 2.75) is 33.1 Å². The summed E-state index contributed by atoms with van der Waals surface area (Å²) < 4.78 is 4.84. The molecule has 0 aliphatic rings. The van der Waals surface area contributed by atoms with Gasteiger partial charge in [0, 0.05) is 5.41 Å². The number of aromatic nitrogens is 3. The van der Waals surface area contributed by atoms with Crippen molar-refractivity contribution in [2.24, 2.45) is 0 Å². The average Bonchev–Trinajstić information content (AvgIpc) is 2.81. The maximum absolute atomic E-state index is 11.2. The number of hydrogen-bond acceptors (Lipinski definition) is 4. The molecule has 2 heterocycles. The van der Waals surface area contributed by atoms with Crippen molar-refractivity contribution in [1.29, 1.82) is 0 Å². The van der Waals surface area contributed by atoms with Crippen LogP contribution in [-0.4, -0.2) is 26.2 Å². The first-order chi connectivity index (χ1) is 8.30. The molecule has 19 heavy (non-hydrogen) atoms. The molecular formula is C12H16ClN3O3. The van der Waals surface area contributed by atoms with E-state index >= 15 is 0 Å². The highest BCUT2D eigenvalue weighted by molar-refractivity contribution is 5.93. The number of carbonyl (C=O) groups is 1. The highest BCUT2D eigenvalue weighted by Crippen LogP contribution is 2.28. The van der Waals surface area contributed by atoms with Crippen molar-refractivity contribution in [2.75, 3.05) is 0 Å². The van der Waals surface area contributed by atoms with Gasteiger partial charge >= 0.3 is 5.97 Å². The Morgan fingerprint density at radius 3 is 2.47 bits per heavy atom. The van der Waals surface area contributed by atoms with Gasteiger partial charge in [0.25, 0.3) is 0 Å². The normalized spacial score (nSPS) is 11.2. The SMILES string of the molecule is Cc1nocc1-c1[nH]c(C(C)(C)C)nc1C(=O)O.Cl. The minimum Gasteiger partial charge on any atom is -0.476 e. The van der Waals surface area contributed by atoms with E-state index < -0.39 is 5.97 Å². The van der Waals surface area contributed by atoms with Crippen LogP contribution in [-0.2, 0) is 5.41 Å². The van der Waals surface area contributed by atoms with E-state index in [4.69, 9.17) is 4.52 Å². The number of carboxylic acid groups (broad SMARTS) is 1. The number of nitrogens with zero attached hydrogens (tertiary/aromatic N) is 2. The van der Waals surface area contributed by atoms with Gasteiger partial charge in [0.05, 0.1) is 17.0 Å². The van der Waals surface area contributed by atoms with Crippen molar-refractivity contribution in [3.63, 3.8) is 0 Å². The lowest BCUT2D eigenvalue weighted by Crippen LogP contribution is -2.13. The van der Waals surface area contributed by atoms with Crippen LogP contribution in [0.25, 0.3) is 11.3 Å². The Morgan fingerprint density at radius 2 is 2.05 bits per heavy atom. The number of H-pyrrole nitrogens is 1. The third-order valence-corrected chi connectivity index (χ3v) is 2.64. The zero-order valence-corrected chi connectivity index (χ0v) is 12.0. The second kappa shape index (κ2) is 5.05. The summed E-state index contributed by atoms with van der Waals surface area (Å²) in [6.07, 6.45) is 1.42. The van der Waals surface area contributed by atoms with Crippen LogP contribution in [0.2, 0.25) is 0 Å². The summed E-state index contributed by atoms with van der Waals surface area (Å²) in [4.78, 5) is 18.4. The van der Waals surface area contributed by atoms with E-state index in [2.05, 4.69) is 15.1 Å². The summed E-state index contributed by atoms with van der Waals surface area (Å²) in [7, 11) is 0.